The van der Waals surface area contributed by atoms with Gasteiger partial charge in [-0.1, -0.05) is 83.5 Å². The first kappa shape index (κ1) is 23.7. The van der Waals surface area contributed by atoms with Gasteiger partial charge in [0.05, 0.1) is 23.0 Å². The number of benzene rings is 3. The summed E-state index contributed by atoms with van der Waals surface area (Å²) in [5.41, 5.74) is 1.84. The molecule has 0 spiro atoms. The van der Waals surface area contributed by atoms with Gasteiger partial charge in [-0.05, 0) is 35.9 Å². The highest BCUT2D eigenvalue weighted by Crippen LogP contribution is 2.31. The molecule has 1 N–H and O–H groups in total. The van der Waals surface area contributed by atoms with Crippen LogP contribution in [0, 0.1) is 0 Å². The second-order valence-electron chi connectivity index (χ2n) is 6.98. The summed E-state index contributed by atoms with van der Waals surface area (Å²) in [5.74, 6) is 1.52. The van der Waals surface area contributed by atoms with Gasteiger partial charge in [0.1, 0.15) is 0 Å². The average molecular weight is 515 g/mol. The molecule has 0 unspecified atom stereocenters. The Kier molecular flexibility index (Phi) is 8.34. The van der Waals surface area contributed by atoms with Crippen LogP contribution in [-0.2, 0) is 17.1 Å². The van der Waals surface area contributed by atoms with E-state index in [4.69, 9.17) is 23.2 Å². The predicted molar refractivity (Wildman–Crippen MR) is 136 cm³/mol. The lowest BCUT2D eigenvalue weighted by Gasteiger charge is -2.13. The molecule has 4 rings (SSSR count). The van der Waals surface area contributed by atoms with Crippen molar-refractivity contribution >= 4 is 52.6 Å². The SMILES string of the molecule is O=C(CSc1ccccc1)NCc1nnc(SCc2ccccc2)n1-c1cc(Cl)ccc1Cl. The zero-order valence-electron chi connectivity index (χ0n) is 17.4. The molecule has 0 aliphatic carbocycles. The molecule has 0 atom stereocenters. The number of nitrogens with one attached hydrogen (secondary N) is 1. The molecule has 0 bridgehead atoms. The van der Waals surface area contributed by atoms with Crippen LogP contribution < -0.4 is 5.32 Å². The van der Waals surface area contributed by atoms with Gasteiger partial charge in [0.15, 0.2) is 11.0 Å². The molecule has 4 aromatic rings. The second-order valence-corrected chi connectivity index (χ2v) is 9.82. The van der Waals surface area contributed by atoms with Crippen LogP contribution in [0.2, 0.25) is 10.0 Å². The smallest absolute Gasteiger partial charge is 0.230 e. The fourth-order valence-electron chi connectivity index (χ4n) is 3.02. The van der Waals surface area contributed by atoms with Crippen molar-refractivity contribution in [1.29, 1.82) is 0 Å². The van der Waals surface area contributed by atoms with Gasteiger partial charge >= 0.3 is 0 Å². The van der Waals surface area contributed by atoms with E-state index in [0.717, 1.165) is 10.6 Å². The molecule has 1 amide bonds. The van der Waals surface area contributed by atoms with E-state index < -0.39 is 0 Å². The van der Waals surface area contributed by atoms with E-state index in [1.807, 2.05) is 53.1 Å². The Bertz CT molecular complexity index is 1220. The number of hydrogen-bond acceptors (Lipinski definition) is 5. The lowest BCUT2D eigenvalue weighted by atomic mass is 10.2. The standard InChI is InChI=1S/C24H20Cl2N4OS2/c25-18-11-12-20(26)21(13-18)30-22(14-27-23(31)16-32-19-9-5-2-6-10-19)28-29-24(30)33-15-17-7-3-1-4-8-17/h1-13H,14-16H2,(H,27,31). The van der Waals surface area contributed by atoms with Gasteiger partial charge in [0, 0.05) is 15.7 Å². The molecule has 3 aromatic carbocycles. The van der Waals surface area contributed by atoms with E-state index in [0.29, 0.717) is 32.5 Å². The summed E-state index contributed by atoms with van der Waals surface area (Å²) in [6.07, 6.45) is 0. The Balaban J connectivity index is 1.51. The first-order chi connectivity index (χ1) is 16.1. The quantitative estimate of drug-likeness (QED) is 0.266. The Hall–Kier alpha value is -2.45. The normalized spacial score (nSPS) is 10.8. The van der Waals surface area contributed by atoms with Crippen LogP contribution in [0.4, 0.5) is 0 Å². The van der Waals surface area contributed by atoms with Gasteiger partial charge in [-0.15, -0.1) is 22.0 Å². The molecular formula is C24H20Cl2N4OS2. The lowest BCUT2D eigenvalue weighted by Crippen LogP contribution is -2.26. The summed E-state index contributed by atoms with van der Waals surface area (Å²) in [6, 6.07) is 25.2. The molecule has 168 valence electrons. The zero-order valence-corrected chi connectivity index (χ0v) is 20.6. The lowest BCUT2D eigenvalue weighted by molar-refractivity contribution is -0.118. The molecule has 0 saturated heterocycles. The third kappa shape index (κ3) is 6.54. The van der Waals surface area contributed by atoms with Crippen LogP contribution in [0.3, 0.4) is 0 Å². The minimum absolute atomic E-state index is 0.0888. The zero-order chi connectivity index (χ0) is 23.0. The van der Waals surface area contributed by atoms with Crippen molar-refractivity contribution in [2.45, 2.75) is 22.3 Å². The first-order valence-electron chi connectivity index (χ1n) is 10.1. The van der Waals surface area contributed by atoms with Crippen LogP contribution in [0.5, 0.6) is 0 Å². The molecule has 9 heteroatoms. The van der Waals surface area contributed by atoms with Gasteiger partial charge < -0.3 is 5.32 Å². The summed E-state index contributed by atoms with van der Waals surface area (Å²) in [6.45, 7) is 0.218. The third-order valence-electron chi connectivity index (χ3n) is 4.62. The summed E-state index contributed by atoms with van der Waals surface area (Å²) < 4.78 is 1.85. The van der Waals surface area contributed by atoms with Gasteiger partial charge in [-0.25, -0.2) is 0 Å². The summed E-state index contributed by atoms with van der Waals surface area (Å²) in [4.78, 5) is 13.5. The molecule has 33 heavy (non-hydrogen) atoms. The Morgan fingerprint density at radius 1 is 0.909 bits per heavy atom. The number of aromatic nitrogens is 3. The van der Waals surface area contributed by atoms with Gasteiger partial charge in [-0.2, -0.15) is 0 Å². The summed E-state index contributed by atoms with van der Waals surface area (Å²) >= 11 is 15.8. The maximum atomic E-state index is 12.4. The largest absolute Gasteiger partial charge is 0.348 e. The summed E-state index contributed by atoms with van der Waals surface area (Å²) in [5, 5.41) is 13.4. The van der Waals surface area contributed by atoms with Crippen molar-refractivity contribution < 1.29 is 4.79 Å². The van der Waals surface area contributed by atoms with E-state index >= 15 is 0 Å². The Morgan fingerprint density at radius 3 is 2.39 bits per heavy atom. The van der Waals surface area contributed by atoms with Crippen LogP contribution in [0.25, 0.3) is 5.69 Å². The monoisotopic (exact) mass is 514 g/mol. The number of halogens is 2. The van der Waals surface area contributed by atoms with Crippen LogP contribution in [-0.4, -0.2) is 26.4 Å². The number of carbonyl (C=O) groups is 1. The number of carbonyl (C=O) groups excluding carboxylic acids is 1. The number of rotatable bonds is 9. The number of thioether (sulfide) groups is 2. The van der Waals surface area contributed by atoms with Crippen molar-refractivity contribution in [1.82, 2.24) is 20.1 Å². The molecule has 1 aromatic heterocycles. The predicted octanol–water partition coefficient (Wildman–Crippen LogP) is 6.27. The van der Waals surface area contributed by atoms with Gasteiger partial charge in [0.2, 0.25) is 5.91 Å². The topological polar surface area (TPSA) is 59.8 Å². The van der Waals surface area contributed by atoms with Crippen LogP contribution in [0.1, 0.15) is 11.4 Å². The van der Waals surface area contributed by atoms with E-state index in [9.17, 15) is 4.79 Å². The number of nitrogens with zero attached hydrogens (tertiary/aromatic N) is 3. The van der Waals surface area contributed by atoms with Gasteiger partial charge in [-0.3, -0.25) is 9.36 Å². The van der Waals surface area contributed by atoms with Crippen molar-refractivity contribution in [2.75, 3.05) is 5.75 Å². The van der Waals surface area contributed by atoms with Gasteiger partial charge in [0.25, 0.3) is 0 Å². The van der Waals surface area contributed by atoms with E-state index in [1.54, 1.807) is 30.0 Å². The molecule has 0 fully saturated rings. The Morgan fingerprint density at radius 2 is 1.64 bits per heavy atom. The van der Waals surface area contributed by atoms with E-state index in [2.05, 4.69) is 27.6 Å². The van der Waals surface area contributed by atoms with Crippen molar-refractivity contribution in [2.24, 2.45) is 0 Å². The van der Waals surface area contributed by atoms with Crippen molar-refractivity contribution in [3.05, 3.63) is 100 Å². The molecule has 0 aliphatic rings. The molecule has 1 heterocycles. The van der Waals surface area contributed by atoms with Crippen LogP contribution >= 0.6 is 46.7 Å². The summed E-state index contributed by atoms with van der Waals surface area (Å²) in [7, 11) is 0. The number of hydrogen-bond donors (Lipinski definition) is 1. The highest BCUT2D eigenvalue weighted by Gasteiger charge is 2.18. The maximum Gasteiger partial charge on any atom is 0.230 e. The molecule has 0 radical (unpaired) electrons. The average Bonchev–Trinajstić information content (AvgIpc) is 3.25. The highest BCUT2D eigenvalue weighted by atomic mass is 35.5. The fourth-order valence-corrected chi connectivity index (χ4v) is 5.06. The second kappa shape index (κ2) is 11.6. The minimum Gasteiger partial charge on any atom is -0.348 e. The number of amides is 1. The Labute approximate surface area is 210 Å². The highest BCUT2D eigenvalue weighted by molar-refractivity contribution is 8.00. The first-order valence-corrected chi connectivity index (χ1v) is 12.8. The molecule has 5 nitrogen and oxygen atoms in total. The maximum absolute atomic E-state index is 12.4. The van der Waals surface area contributed by atoms with Crippen LogP contribution in [0.15, 0.2) is 88.9 Å². The molecule has 0 aliphatic heterocycles. The van der Waals surface area contributed by atoms with Crippen molar-refractivity contribution in [3.63, 3.8) is 0 Å². The molecule has 0 saturated carbocycles. The van der Waals surface area contributed by atoms with E-state index in [-0.39, 0.29) is 12.5 Å². The minimum atomic E-state index is -0.0888. The van der Waals surface area contributed by atoms with E-state index in [1.165, 1.54) is 17.3 Å². The molecular weight excluding hydrogens is 495 g/mol. The van der Waals surface area contributed by atoms with Crippen molar-refractivity contribution in [3.8, 4) is 5.69 Å². The third-order valence-corrected chi connectivity index (χ3v) is 7.18. The fraction of sp³-hybridized carbons (Fsp3) is 0.125.